The van der Waals surface area contributed by atoms with Gasteiger partial charge in [0.2, 0.25) is 0 Å². The van der Waals surface area contributed by atoms with E-state index < -0.39 is 0 Å². The average Bonchev–Trinajstić information content (AvgIpc) is 3.49. The van der Waals surface area contributed by atoms with Crippen molar-refractivity contribution in [2.45, 2.75) is 77.2 Å². The van der Waals surface area contributed by atoms with Crippen LogP contribution in [0, 0.1) is 5.92 Å². The van der Waals surface area contributed by atoms with E-state index >= 15 is 0 Å². The van der Waals surface area contributed by atoms with Crippen molar-refractivity contribution in [1.29, 1.82) is 0 Å². The highest BCUT2D eigenvalue weighted by Crippen LogP contribution is 2.41. The predicted octanol–water partition coefficient (Wildman–Crippen LogP) is 7.36. The summed E-state index contributed by atoms with van der Waals surface area (Å²) < 4.78 is 0. The predicted molar refractivity (Wildman–Crippen MR) is 162 cm³/mol. The van der Waals surface area contributed by atoms with Crippen LogP contribution in [-0.4, -0.2) is 46.7 Å². The normalized spacial score (nSPS) is 20.9. The van der Waals surface area contributed by atoms with E-state index in [-0.39, 0.29) is 0 Å². The lowest BCUT2D eigenvalue weighted by Crippen LogP contribution is -2.28. The standard InChI is InChI=1S/C35H42N4/c1-23-34-14-12-28(15-30(34)18-36-23)24(2)38-19-31-21-39(22-32(31)20-38)25(3)29-16-33(37-35(17-29)27-10-11-27)13-9-26-7-5-4-6-8-26/h12,14-17,26-27H,2-11,13,18-22H2,1H3. The van der Waals surface area contributed by atoms with Gasteiger partial charge in [0.15, 0.2) is 0 Å². The second-order valence-electron chi connectivity index (χ2n) is 12.7. The maximum atomic E-state index is 5.14. The molecule has 3 aliphatic heterocycles. The lowest BCUT2D eigenvalue weighted by molar-refractivity contribution is 0.338. The lowest BCUT2D eigenvalue weighted by atomic mass is 9.85. The monoisotopic (exact) mass is 518 g/mol. The lowest BCUT2D eigenvalue weighted by Gasteiger charge is -2.28. The molecule has 0 unspecified atom stereocenters. The zero-order valence-corrected chi connectivity index (χ0v) is 23.6. The highest BCUT2D eigenvalue weighted by Gasteiger charge is 2.32. The molecule has 1 aromatic heterocycles. The van der Waals surface area contributed by atoms with Crippen LogP contribution in [0.4, 0.5) is 0 Å². The van der Waals surface area contributed by atoms with Crippen LogP contribution in [0.1, 0.15) is 97.8 Å². The maximum Gasteiger partial charge on any atom is 0.0649 e. The van der Waals surface area contributed by atoms with Crippen molar-refractivity contribution < 1.29 is 0 Å². The Balaban J connectivity index is 0.998. The van der Waals surface area contributed by atoms with E-state index in [0.29, 0.717) is 5.92 Å². The van der Waals surface area contributed by atoms with Gasteiger partial charge in [0, 0.05) is 71.7 Å². The number of benzene rings is 1. The molecule has 4 nitrogen and oxygen atoms in total. The van der Waals surface area contributed by atoms with Crippen LogP contribution < -0.4 is 0 Å². The average molecular weight is 519 g/mol. The summed E-state index contributed by atoms with van der Waals surface area (Å²) in [6, 6.07) is 11.4. The summed E-state index contributed by atoms with van der Waals surface area (Å²) in [6.45, 7) is 15.9. The Bertz CT molecular complexity index is 1370. The molecule has 2 aromatic rings. The van der Waals surface area contributed by atoms with Gasteiger partial charge < -0.3 is 9.80 Å². The molecule has 0 bridgehead atoms. The van der Waals surface area contributed by atoms with Crippen LogP contribution in [0.25, 0.3) is 11.4 Å². The van der Waals surface area contributed by atoms with E-state index in [9.17, 15) is 0 Å². The second kappa shape index (κ2) is 10.1. The van der Waals surface area contributed by atoms with Gasteiger partial charge in [-0.05, 0) is 79.0 Å². The Hall–Kier alpha value is -3.14. The molecule has 1 aromatic carbocycles. The summed E-state index contributed by atoms with van der Waals surface area (Å²) in [7, 11) is 0. The molecule has 4 heterocycles. The van der Waals surface area contributed by atoms with Crippen LogP contribution in [0.3, 0.4) is 0 Å². The first-order valence-corrected chi connectivity index (χ1v) is 15.3. The molecular formula is C35H42N4. The Labute approximate surface area is 234 Å². The largest absolute Gasteiger partial charge is 0.363 e. The maximum absolute atomic E-state index is 5.14. The molecule has 5 aliphatic rings. The van der Waals surface area contributed by atoms with Crippen LogP contribution in [0.15, 0.2) is 59.6 Å². The van der Waals surface area contributed by atoms with E-state index in [1.807, 2.05) is 0 Å². The van der Waals surface area contributed by atoms with Crippen molar-refractivity contribution >= 4 is 17.1 Å². The smallest absolute Gasteiger partial charge is 0.0649 e. The Morgan fingerprint density at radius 1 is 0.846 bits per heavy atom. The zero-order valence-electron chi connectivity index (χ0n) is 23.6. The van der Waals surface area contributed by atoms with Gasteiger partial charge in [0.1, 0.15) is 0 Å². The first kappa shape index (κ1) is 24.9. The van der Waals surface area contributed by atoms with Gasteiger partial charge >= 0.3 is 0 Å². The van der Waals surface area contributed by atoms with Crippen LogP contribution in [0.2, 0.25) is 0 Å². The minimum Gasteiger partial charge on any atom is -0.363 e. The van der Waals surface area contributed by atoms with Crippen molar-refractivity contribution in [2.24, 2.45) is 10.9 Å². The van der Waals surface area contributed by atoms with Crippen LogP contribution in [-0.2, 0) is 13.0 Å². The highest BCUT2D eigenvalue weighted by molar-refractivity contribution is 6.02. The van der Waals surface area contributed by atoms with Gasteiger partial charge in [-0.1, -0.05) is 57.4 Å². The minimum absolute atomic E-state index is 0.669. The molecule has 0 N–H and O–H groups in total. The molecule has 7 rings (SSSR count). The third-order valence-electron chi connectivity index (χ3n) is 9.87. The number of hydrogen-bond donors (Lipinski definition) is 0. The molecule has 0 spiro atoms. The molecule has 0 amide bonds. The molecule has 4 heteroatoms. The van der Waals surface area contributed by atoms with Crippen molar-refractivity contribution in [1.82, 2.24) is 14.8 Å². The number of aliphatic imine (C=N–C) groups is 1. The highest BCUT2D eigenvalue weighted by atomic mass is 15.2. The van der Waals surface area contributed by atoms with Crippen molar-refractivity contribution in [3.8, 4) is 0 Å². The Kier molecular flexibility index (Phi) is 6.45. The van der Waals surface area contributed by atoms with Gasteiger partial charge in [-0.15, -0.1) is 0 Å². The molecule has 2 aliphatic carbocycles. The molecule has 0 radical (unpaired) electrons. The summed E-state index contributed by atoms with van der Waals surface area (Å²) in [4.78, 5) is 14.7. The number of nitrogens with zero attached hydrogens (tertiary/aromatic N) is 4. The van der Waals surface area contributed by atoms with Crippen molar-refractivity contribution in [3.05, 3.63) is 88.3 Å². The SMILES string of the molecule is C=C(c1cc(CCC2CCCCC2)nc(C2CC2)c1)N1CC2=C(C1)CN(C(=C)c1ccc3c(c1)CN=C3C)C2. The third kappa shape index (κ3) is 4.99. The molecule has 39 heavy (non-hydrogen) atoms. The number of fused-ring (bicyclic) bond motifs is 1. The topological polar surface area (TPSA) is 31.7 Å². The third-order valence-corrected chi connectivity index (χ3v) is 9.87. The zero-order chi connectivity index (χ0) is 26.5. The van der Waals surface area contributed by atoms with Crippen molar-refractivity contribution in [3.63, 3.8) is 0 Å². The molecule has 0 saturated heterocycles. The number of aryl methyl sites for hydroxylation is 1. The van der Waals surface area contributed by atoms with E-state index in [0.717, 1.165) is 56.5 Å². The molecular weight excluding hydrogens is 476 g/mol. The minimum atomic E-state index is 0.669. The fourth-order valence-corrected chi connectivity index (χ4v) is 7.19. The molecule has 202 valence electrons. The Morgan fingerprint density at radius 2 is 1.54 bits per heavy atom. The molecule has 0 atom stereocenters. The van der Waals surface area contributed by atoms with Crippen LogP contribution >= 0.6 is 0 Å². The summed E-state index contributed by atoms with van der Waals surface area (Å²) in [5, 5.41) is 0. The van der Waals surface area contributed by atoms with Gasteiger partial charge in [0.05, 0.1) is 6.54 Å². The number of aromatic nitrogens is 1. The van der Waals surface area contributed by atoms with E-state index in [4.69, 9.17) is 4.98 Å². The quantitative estimate of drug-likeness (QED) is 0.342. The van der Waals surface area contributed by atoms with Crippen molar-refractivity contribution in [2.75, 3.05) is 26.2 Å². The first-order chi connectivity index (χ1) is 19.0. The van der Waals surface area contributed by atoms with Gasteiger partial charge in [-0.3, -0.25) is 9.98 Å². The van der Waals surface area contributed by atoms with Crippen LogP contribution in [0.5, 0.6) is 0 Å². The van der Waals surface area contributed by atoms with Gasteiger partial charge in [-0.25, -0.2) is 0 Å². The van der Waals surface area contributed by atoms with E-state index in [2.05, 4.69) is 65.2 Å². The van der Waals surface area contributed by atoms with Gasteiger partial charge in [0.25, 0.3) is 0 Å². The van der Waals surface area contributed by atoms with E-state index in [1.54, 1.807) is 11.1 Å². The number of pyridine rings is 1. The second-order valence-corrected chi connectivity index (χ2v) is 12.7. The summed E-state index contributed by atoms with van der Waals surface area (Å²) >= 11 is 0. The fourth-order valence-electron chi connectivity index (χ4n) is 7.19. The fraction of sp³-hybridized carbons (Fsp3) is 0.486. The number of rotatable bonds is 8. The van der Waals surface area contributed by atoms with Gasteiger partial charge in [-0.2, -0.15) is 0 Å². The summed E-state index contributed by atoms with van der Waals surface area (Å²) in [5.74, 6) is 1.57. The molecule has 2 fully saturated rings. The van der Waals surface area contributed by atoms with E-state index in [1.165, 1.54) is 90.7 Å². The first-order valence-electron chi connectivity index (χ1n) is 15.3. The molecule has 2 saturated carbocycles. The Morgan fingerprint density at radius 3 is 2.23 bits per heavy atom. The number of hydrogen-bond acceptors (Lipinski definition) is 4. The summed E-state index contributed by atoms with van der Waals surface area (Å²) in [6.07, 6.45) is 12.1. The summed E-state index contributed by atoms with van der Waals surface area (Å²) in [5.41, 5.74) is 14.3.